The first-order valence-electron chi connectivity index (χ1n) is 11.5. The van der Waals surface area contributed by atoms with E-state index < -0.39 is 0 Å². The van der Waals surface area contributed by atoms with E-state index in [0.29, 0.717) is 31.3 Å². The topological polar surface area (TPSA) is 65.4 Å². The second kappa shape index (κ2) is 11.2. The number of nitrogens with one attached hydrogen (secondary N) is 1. The Balaban J connectivity index is 1.50. The third kappa shape index (κ3) is 5.64. The van der Waals surface area contributed by atoms with Crippen LogP contribution in [0.15, 0.2) is 85.1 Å². The largest absolute Gasteiger partial charge is 0.490 e. The van der Waals surface area contributed by atoms with Crippen molar-refractivity contribution in [3.63, 3.8) is 0 Å². The first-order valence-corrected chi connectivity index (χ1v) is 11.5. The van der Waals surface area contributed by atoms with E-state index in [-0.39, 0.29) is 12.3 Å². The molecule has 0 atom stereocenters. The smallest absolute Gasteiger partial charge is 0.224 e. The van der Waals surface area contributed by atoms with E-state index in [0.717, 1.165) is 28.1 Å². The van der Waals surface area contributed by atoms with Gasteiger partial charge in [0.15, 0.2) is 11.5 Å². The predicted molar refractivity (Wildman–Crippen MR) is 133 cm³/mol. The summed E-state index contributed by atoms with van der Waals surface area (Å²) in [5, 5.41) is 7.86. The molecule has 0 unspecified atom stereocenters. The normalized spacial score (nSPS) is 10.6. The molecule has 1 heterocycles. The quantitative estimate of drug-likeness (QED) is 0.357. The molecular weight excluding hydrogens is 426 g/mol. The van der Waals surface area contributed by atoms with E-state index in [1.807, 2.05) is 104 Å². The summed E-state index contributed by atoms with van der Waals surface area (Å²) in [6.07, 6.45) is 2.22. The maximum atomic E-state index is 12.8. The first-order chi connectivity index (χ1) is 16.7. The van der Waals surface area contributed by atoms with E-state index in [1.165, 1.54) is 0 Å². The summed E-state index contributed by atoms with van der Waals surface area (Å²) in [5.41, 5.74) is 4.65. The molecule has 0 spiro atoms. The third-order valence-corrected chi connectivity index (χ3v) is 5.31. The highest BCUT2D eigenvalue weighted by molar-refractivity contribution is 5.79. The fourth-order valence-corrected chi connectivity index (χ4v) is 3.74. The number of hydrogen-bond acceptors (Lipinski definition) is 4. The van der Waals surface area contributed by atoms with Crippen LogP contribution in [0.3, 0.4) is 0 Å². The van der Waals surface area contributed by atoms with Crippen LogP contribution >= 0.6 is 0 Å². The van der Waals surface area contributed by atoms with Crippen LogP contribution < -0.4 is 14.8 Å². The lowest BCUT2D eigenvalue weighted by Crippen LogP contribution is -2.24. The Bertz CT molecular complexity index is 1220. The van der Waals surface area contributed by atoms with Crippen LogP contribution in [0.1, 0.15) is 25.0 Å². The number of ether oxygens (including phenoxy) is 2. The lowest BCUT2D eigenvalue weighted by molar-refractivity contribution is -0.120. The van der Waals surface area contributed by atoms with Gasteiger partial charge in [0.2, 0.25) is 5.91 Å². The van der Waals surface area contributed by atoms with Gasteiger partial charge in [0.1, 0.15) is 0 Å². The molecular formula is C28H29N3O3. The van der Waals surface area contributed by atoms with E-state index in [9.17, 15) is 4.79 Å². The van der Waals surface area contributed by atoms with Crippen molar-refractivity contribution in [2.24, 2.45) is 0 Å². The van der Waals surface area contributed by atoms with Crippen molar-refractivity contribution in [2.45, 2.75) is 26.8 Å². The molecule has 0 fully saturated rings. The van der Waals surface area contributed by atoms with Crippen molar-refractivity contribution < 1.29 is 14.3 Å². The molecule has 1 amide bonds. The Labute approximate surface area is 200 Å². The maximum absolute atomic E-state index is 12.8. The van der Waals surface area contributed by atoms with E-state index >= 15 is 0 Å². The monoisotopic (exact) mass is 455 g/mol. The van der Waals surface area contributed by atoms with Gasteiger partial charge >= 0.3 is 0 Å². The van der Waals surface area contributed by atoms with Gasteiger partial charge in [-0.15, -0.1) is 0 Å². The van der Waals surface area contributed by atoms with E-state index in [1.54, 1.807) is 0 Å². The van der Waals surface area contributed by atoms with Gasteiger partial charge in [0, 0.05) is 23.9 Å². The van der Waals surface area contributed by atoms with Crippen LogP contribution in [0.25, 0.3) is 16.9 Å². The maximum Gasteiger partial charge on any atom is 0.224 e. The van der Waals surface area contributed by atoms with Crippen molar-refractivity contribution in [3.8, 4) is 28.4 Å². The summed E-state index contributed by atoms with van der Waals surface area (Å²) in [5.74, 6) is 1.28. The Morgan fingerprint density at radius 1 is 0.882 bits per heavy atom. The molecule has 0 aliphatic carbocycles. The molecule has 0 aliphatic heterocycles. The molecule has 4 aromatic rings. The molecule has 6 heteroatoms. The Morgan fingerprint density at radius 3 is 2.26 bits per heavy atom. The minimum Gasteiger partial charge on any atom is -0.490 e. The van der Waals surface area contributed by atoms with E-state index in [2.05, 4.69) is 5.32 Å². The zero-order valence-corrected chi connectivity index (χ0v) is 19.5. The molecule has 0 saturated carbocycles. The van der Waals surface area contributed by atoms with E-state index in [4.69, 9.17) is 14.6 Å². The van der Waals surface area contributed by atoms with Crippen molar-refractivity contribution in [3.05, 3.63) is 96.2 Å². The van der Waals surface area contributed by atoms with Gasteiger partial charge in [-0.2, -0.15) is 5.10 Å². The van der Waals surface area contributed by atoms with Gasteiger partial charge < -0.3 is 14.8 Å². The van der Waals surface area contributed by atoms with Gasteiger partial charge in [0.05, 0.1) is 31.0 Å². The summed E-state index contributed by atoms with van der Waals surface area (Å²) in [6, 6.07) is 25.6. The summed E-state index contributed by atoms with van der Waals surface area (Å²) in [4.78, 5) is 12.8. The van der Waals surface area contributed by atoms with Gasteiger partial charge in [-0.25, -0.2) is 4.68 Å². The average molecular weight is 456 g/mol. The second-order valence-corrected chi connectivity index (χ2v) is 7.75. The standard InChI is InChI=1S/C28H29N3O3/c1-3-33-25-16-15-21(17-26(25)34-4-2)18-27(32)29-19-23-20-31(24-13-9-6-10-14-24)30-28(23)22-11-7-5-8-12-22/h5-17,20H,3-4,18-19H2,1-2H3,(H,29,32). The molecule has 6 nitrogen and oxygen atoms in total. The van der Waals surface area contributed by atoms with Crippen LogP contribution in [0, 0.1) is 0 Å². The van der Waals surface area contributed by atoms with Crippen LogP contribution in [0.4, 0.5) is 0 Å². The molecule has 34 heavy (non-hydrogen) atoms. The molecule has 0 bridgehead atoms. The minimum absolute atomic E-state index is 0.0712. The molecule has 0 aliphatic rings. The highest BCUT2D eigenvalue weighted by atomic mass is 16.5. The Kier molecular flexibility index (Phi) is 7.60. The first kappa shape index (κ1) is 23.1. The fraction of sp³-hybridized carbons (Fsp3) is 0.214. The number of nitrogens with zero attached hydrogens (tertiary/aromatic N) is 2. The summed E-state index contributed by atoms with van der Waals surface area (Å²) in [7, 11) is 0. The zero-order chi connectivity index (χ0) is 23.8. The van der Waals surface area contributed by atoms with Crippen LogP contribution in [-0.4, -0.2) is 28.9 Å². The van der Waals surface area contributed by atoms with Crippen LogP contribution in [0.2, 0.25) is 0 Å². The number of benzene rings is 3. The van der Waals surface area contributed by atoms with Gasteiger partial charge in [-0.05, 0) is 43.7 Å². The SMILES string of the molecule is CCOc1ccc(CC(=O)NCc2cn(-c3ccccc3)nc2-c2ccccc2)cc1OCC. The highest BCUT2D eigenvalue weighted by Gasteiger charge is 2.14. The predicted octanol–water partition coefficient (Wildman–Crippen LogP) is 5.20. The minimum atomic E-state index is -0.0712. The second-order valence-electron chi connectivity index (χ2n) is 7.75. The molecule has 1 aromatic heterocycles. The van der Waals surface area contributed by atoms with Crippen LogP contribution in [0.5, 0.6) is 11.5 Å². The van der Waals surface area contributed by atoms with Gasteiger partial charge in [0.25, 0.3) is 0 Å². The van der Waals surface area contributed by atoms with Crippen molar-refractivity contribution in [1.29, 1.82) is 0 Å². The zero-order valence-electron chi connectivity index (χ0n) is 19.5. The molecule has 4 rings (SSSR count). The fourth-order valence-electron chi connectivity index (χ4n) is 3.74. The van der Waals surface area contributed by atoms with Crippen molar-refractivity contribution in [2.75, 3.05) is 13.2 Å². The number of rotatable bonds is 10. The Hall–Kier alpha value is -4.06. The number of carbonyl (C=O) groups is 1. The third-order valence-electron chi connectivity index (χ3n) is 5.31. The average Bonchev–Trinajstić information content (AvgIpc) is 3.30. The number of aromatic nitrogens is 2. The number of hydrogen-bond donors (Lipinski definition) is 1. The summed E-state index contributed by atoms with van der Waals surface area (Å²) >= 11 is 0. The highest BCUT2D eigenvalue weighted by Crippen LogP contribution is 2.29. The molecule has 174 valence electrons. The number of carbonyl (C=O) groups excluding carboxylic acids is 1. The van der Waals surface area contributed by atoms with Crippen molar-refractivity contribution in [1.82, 2.24) is 15.1 Å². The van der Waals surface area contributed by atoms with Crippen LogP contribution in [-0.2, 0) is 17.8 Å². The Morgan fingerprint density at radius 2 is 1.56 bits per heavy atom. The van der Waals surface area contributed by atoms with Gasteiger partial charge in [-0.3, -0.25) is 4.79 Å². The van der Waals surface area contributed by atoms with Crippen molar-refractivity contribution >= 4 is 5.91 Å². The molecule has 0 radical (unpaired) electrons. The van der Waals surface area contributed by atoms with Gasteiger partial charge in [-0.1, -0.05) is 54.6 Å². The number of para-hydroxylation sites is 1. The summed E-state index contributed by atoms with van der Waals surface area (Å²) in [6.45, 7) is 5.32. The molecule has 0 saturated heterocycles. The lowest BCUT2D eigenvalue weighted by atomic mass is 10.1. The molecule has 3 aromatic carbocycles. The lowest BCUT2D eigenvalue weighted by Gasteiger charge is -2.12. The summed E-state index contributed by atoms with van der Waals surface area (Å²) < 4.78 is 13.1. The molecule has 1 N–H and O–H groups in total. The number of amides is 1.